The van der Waals surface area contributed by atoms with Gasteiger partial charge in [0.05, 0.1) is 8.66 Å². The van der Waals surface area contributed by atoms with Crippen molar-refractivity contribution < 1.29 is 4.79 Å². The van der Waals surface area contributed by atoms with E-state index >= 15 is 0 Å². The van der Waals surface area contributed by atoms with E-state index < -0.39 is 0 Å². The zero-order valence-corrected chi connectivity index (χ0v) is 13.6. The largest absolute Gasteiger partial charge is 0.293 e. The van der Waals surface area contributed by atoms with Gasteiger partial charge >= 0.3 is 0 Å². The van der Waals surface area contributed by atoms with Gasteiger partial charge in [-0.1, -0.05) is 24.3 Å². The summed E-state index contributed by atoms with van der Waals surface area (Å²) < 4.78 is 1.09. The summed E-state index contributed by atoms with van der Waals surface area (Å²) in [6, 6.07) is 10.7. The van der Waals surface area contributed by atoms with E-state index in [1.807, 2.05) is 13.0 Å². The number of benzene rings is 1. The number of rotatable bonds is 2. The van der Waals surface area contributed by atoms with E-state index in [-0.39, 0.29) is 5.92 Å². The van der Waals surface area contributed by atoms with Crippen molar-refractivity contribution >= 4 is 33.0 Å². The van der Waals surface area contributed by atoms with E-state index in [4.69, 9.17) is 0 Å². The van der Waals surface area contributed by atoms with E-state index in [2.05, 4.69) is 40.2 Å². The first-order valence-electron chi connectivity index (χ1n) is 7.05. The Morgan fingerprint density at radius 1 is 1.35 bits per heavy atom. The molecule has 2 aromatic rings. The molecule has 2 aliphatic rings. The van der Waals surface area contributed by atoms with Gasteiger partial charge in [0.1, 0.15) is 0 Å². The first-order chi connectivity index (χ1) is 9.66. The van der Waals surface area contributed by atoms with Gasteiger partial charge in [0, 0.05) is 5.92 Å². The molecule has 20 heavy (non-hydrogen) atoms. The number of carbonyl (C=O) groups is 1. The average Bonchev–Trinajstić information content (AvgIpc) is 3.11. The summed E-state index contributed by atoms with van der Waals surface area (Å²) in [6.07, 6.45) is 2.30. The van der Waals surface area contributed by atoms with Gasteiger partial charge in [-0.05, 0) is 70.3 Å². The maximum absolute atomic E-state index is 12.7. The summed E-state index contributed by atoms with van der Waals surface area (Å²) in [5.74, 6) is 1.64. The highest BCUT2D eigenvalue weighted by atomic mass is 79.9. The fourth-order valence-corrected chi connectivity index (χ4v) is 5.19. The summed E-state index contributed by atoms with van der Waals surface area (Å²) in [7, 11) is 0. The average molecular weight is 347 g/mol. The Morgan fingerprint density at radius 3 is 2.90 bits per heavy atom. The Morgan fingerprint density at radius 2 is 2.15 bits per heavy atom. The van der Waals surface area contributed by atoms with E-state index in [9.17, 15) is 4.79 Å². The molecule has 1 aromatic heterocycles. The molecule has 0 N–H and O–H groups in total. The van der Waals surface area contributed by atoms with E-state index in [0.717, 1.165) is 15.1 Å². The smallest absolute Gasteiger partial charge is 0.176 e. The molecule has 0 spiro atoms. The van der Waals surface area contributed by atoms with Gasteiger partial charge in [-0.3, -0.25) is 4.79 Å². The van der Waals surface area contributed by atoms with Crippen molar-refractivity contribution in [2.75, 3.05) is 0 Å². The molecule has 0 amide bonds. The lowest BCUT2D eigenvalue weighted by Crippen LogP contribution is -2.01. The third kappa shape index (κ3) is 1.83. The van der Waals surface area contributed by atoms with Crippen LogP contribution in [0.4, 0.5) is 0 Å². The number of hydrogen-bond acceptors (Lipinski definition) is 2. The third-order valence-corrected chi connectivity index (χ3v) is 6.88. The molecule has 1 aromatic carbocycles. The molecule has 3 heteroatoms. The molecular formula is C17H15BrOS. The number of fused-ring (bicyclic) bond motifs is 3. The van der Waals surface area contributed by atoms with E-state index in [1.165, 1.54) is 23.1 Å². The second kappa shape index (κ2) is 4.54. The Hall–Kier alpha value is -0.930. The van der Waals surface area contributed by atoms with Crippen LogP contribution < -0.4 is 0 Å². The third-order valence-electron chi connectivity index (χ3n) is 4.73. The zero-order chi connectivity index (χ0) is 13.9. The first kappa shape index (κ1) is 12.8. The van der Waals surface area contributed by atoms with Crippen LogP contribution in [-0.2, 0) is 6.42 Å². The van der Waals surface area contributed by atoms with Crippen LogP contribution >= 0.6 is 27.3 Å². The van der Waals surface area contributed by atoms with Gasteiger partial charge in [0.25, 0.3) is 0 Å². The van der Waals surface area contributed by atoms with Crippen molar-refractivity contribution in [3.8, 4) is 0 Å². The SMILES string of the molecule is Cc1cc(C(=O)C2C3CCc4ccccc4C32)sc1Br. The Labute approximate surface area is 131 Å². The molecule has 1 heterocycles. The van der Waals surface area contributed by atoms with Crippen molar-refractivity contribution in [2.24, 2.45) is 11.8 Å². The van der Waals surface area contributed by atoms with Crippen molar-refractivity contribution in [2.45, 2.75) is 25.7 Å². The van der Waals surface area contributed by atoms with Crippen LogP contribution in [-0.4, -0.2) is 5.78 Å². The Bertz CT molecular complexity index is 683. The van der Waals surface area contributed by atoms with Gasteiger partial charge in [-0.15, -0.1) is 11.3 Å². The molecule has 1 nitrogen and oxygen atoms in total. The molecule has 0 saturated heterocycles. The maximum atomic E-state index is 12.7. The lowest BCUT2D eigenvalue weighted by molar-refractivity contribution is 0.0963. The van der Waals surface area contributed by atoms with E-state index in [0.29, 0.717) is 17.6 Å². The predicted molar refractivity (Wildman–Crippen MR) is 85.6 cm³/mol. The normalized spacial score (nSPS) is 26.8. The minimum absolute atomic E-state index is 0.226. The summed E-state index contributed by atoms with van der Waals surface area (Å²) in [5, 5.41) is 0. The minimum Gasteiger partial charge on any atom is -0.293 e. The van der Waals surface area contributed by atoms with Gasteiger partial charge in [0.15, 0.2) is 5.78 Å². The van der Waals surface area contributed by atoms with Gasteiger partial charge in [-0.2, -0.15) is 0 Å². The number of aryl methyl sites for hydroxylation is 2. The van der Waals surface area contributed by atoms with Crippen LogP contribution in [0.2, 0.25) is 0 Å². The molecule has 3 unspecified atom stereocenters. The Kier molecular flexibility index (Phi) is 2.90. The number of halogens is 1. The summed E-state index contributed by atoms with van der Waals surface area (Å²) in [5.41, 5.74) is 4.05. The van der Waals surface area contributed by atoms with Crippen molar-refractivity contribution in [1.82, 2.24) is 0 Å². The van der Waals surface area contributed by atoms with Gasteiger partial charge in [0.2, 0.25) is 0 Å². The molecule has 3 atom stereocenters. The summed E-state index contributed by atoms with van der Waals surface area (Å²) >= 11 is 5.11. The molecule has 1 saturated carbocycles. The molecule has 0 radical (unpaired) electrons. The second-order valence-corrected chi connectivity index (χ2v) is 8.25. The molecule has 0 aliphatic heterocycles. The van der Waals surface area contributed by atoms with Crippen LogP contribution in [0.3, 0.4) is 0 Å². The second-order valence-electron chi connectivity index (χ2n) is 5.88. The summed E-state index contributed by atoms with van der Waals surface area (Å²) in [6.45, 7) is 2.05. The molecule has 102 valence electrons. The molecule has 1 fully saturated rings. The van der Waals surface area contributed by atoms with E-state index in [1.54, 1.807) is 11.3 Å². The van der Waals surface area contributed by atoms with Gasteiger partial charge < -0.3 is 0 Å². The molecule has 0 bridgehead atoms. The summed E-state index contributed by atoms with van der Waals surface area (Å²) in [4.78, 5) is 13.7. The monoisotopic (exact) mass is 346 g/mol. The van der Waals surface area contributed by atoms with Crippen LogP contribution in [0.15, 0.2) is 34.1 Å². The number of hydrogen-bond donors (Lipinski definition) is 0. The van der Waals surface area contributed by atoms with Crippen molar-refractivity contribution in [3.05, 3.63) is 55.7 Å². The number of Topliss-reactive ketones (excluding diaryl/α,β-unsaturated/α-hetero) is 1. The van der Waals surface area contributed by atoms with Crippen LogP contribution in [0.5, 0.6) is 0 Å². The topological polar surface area (TPSA) is 17.1 Å². The van der Waals surface area contributed by atoms with Crippen LogP contribution in [0.1, 0.15) is 38.7 Å². The van der Waals surface area contributed by atoms with Crippen LogP contribution in [0.25, 0.3) is 0 Å². The number of carbonyl (C=O) groups excluding carboxylic acids is 1. The van der Waals surface area contributed by atoms with Gasteiger partial charge in [-0.25, -0.2) is 0 Å². The maximum Gasteiger partial charge on any atom is 0.176 e. The standard InChI is InChI=1S/C17H15BrOS/c1-9-8-13(20-17(9)18)16(19)15-12-7-6-10-4-2-3-5-11(10)14(12)15/h2-5,8,12,14-15H,6-7H2,1H3. The fraction of sp³-hybridized carbons (Fsp3) is 0.353. The first-order valence-corrected chi connectivity index (χ1v) is 8.65. The molecule has 4 rings (SSSR count). The van der Waals surface area contributed by atoms with Crippen molar-refractivity contribution in [1.29, 1.82) is 0 Å². The lowest BCUT2D eigenvalue weighted by Gasteiger charge is -2.13. The Balaban J connectivity index is 1.65. The lowest BCUT2D eigenvalue weighted by atomic mass is 9.92. The molecular weight excluding hydrogens is 332 g/mol. The number of thiophene rings is 1. The predicted octanol–water partition coefficient (Wildman–Crippen LogP) is 4.98. The highest BCUT2D eigenvalue weighted by Crippen LogP contribution is 2.61. The molecule has 2 aliphatic carbocycles. The minimum atomic E-state index is 0.226. The zero-order valence-electron chi connectivity index (χ0n) is 11.2. The highest BCUT2D eigenvalue weighted by Gasteiger charge is 2.57. The highest BCUT2D eigenvalue weighted by molar-refractivity contribution is 9.11. The fourth-order valence-electron chi connectivity index (χ4n) is 3.67. The van der Waals surface area contributed by atoms with Crippen molar-refractivity contribution in [3.63, 3.8) is 0 Å². The van der Waals surface area contributed by atoms with Crippen LogP contribution in [0, 0.1) is 18.8 Å². The number of ketones is 1. The quantitative estimate of drug-likeness (QED) is 0.701.